The first kappa shape index (κ1) is 33.4. The molecule has 0 radical (unpaired) electrons. The van der Waals surface area contributed by atoms with Gasteiger partial charge in [0.2, 0.25) is 0 Å². The number of hydrogen-bond acceptors (Lipinski definition) is 5. The van der Waals surface area contributed by atoms with E-state index >= 15 is 0 Å². The maximum atomic E-state index is 8.82. The molecule has 0 saturated heterocycles. The fraction of sp³-hybridized carbons (Fsp3) is 0.931. The van der Waals surface area contributed by atoms with Crippen LogP contribution < -0.4 is 0 Å². The third kappa shape index (κ3) is 27.6. The van der Waals surface area contributed by atoms with Crippen LogP contribution in [0.4, 0.5) is 0 Å². The van der Waals surface area contributed by atoms with Crippen molar-refractivity contribution in [2.75, 3.05) is 26.4 Å². The van der Waals surface area contributed by atoms with Crippen LogP contribution in [0.1, 0.15) is 148 Å². The molecular weight excluding hydrogens is 426 g/mol. The van der Waals surface area contributed by atoms with Gasteiger partial charge in [0.25, 0.3) is 0 Å². The van der Waals surface area contributed by atoms with Crippen molar-refractivity contribution in [2.24, 2.45) is 0 Å². The van der Waals surface area contributed by atoms with Crippen LogP contribution in [0.25, 0.3) is 0 Å². The summed E-state index contributed by atoms with van der Waals surface area (Å²) in [5.74, 6) is 0. The van der Waals surface area contributed by atoms with Gasteiger partial charge in [0.1, 0.15) is 13.2 Å². The molecule has 0 aromatic carbocycles. The van der Waals surface area contributed by atoms with Crippen LogP contribution in [0, 0.1) is 0 Å². The van der Waals surface area contributed by atoms with E-state index in [0.29, 0.717) is 0 Å². The third-order valence-corrected chi connectivity index (χ3v) is 6.32. The average Bonchev–Trinajstić information content (AvgIpc) is 2.85. The van der Waals surface area contributed by atoms with E-state index in [1.165, 1.54) is 140 Å². The van der Waals surface area contributed by atoms with Crippen LogP contribution in [-0.2, 0) is 9.68 Å². The summed E-state index contributed by atoms with van der Waals surface area (Å²) in [4.78, 5) is 10.4. The minimum Gasteiger partial charge on any atom is -0.394 e. The van der Waals surface area contributed by atoms with E-state index in [1.54, 1.807) is 6.20 Å². The van der Waals surface area contributed by atoms with Crippen LogP contribution >= 0.6 is 0 Å². The Hall–Kier alpha value is -0.620. The minimum atomic E-state index is -0.0633. The number of hydroxylamine groups is 2. The van der Waals surface area contributed by atoms with Crippen LogP contribution in [-0.4, -0.2) is 41.9 Å². The number of rotatable bonds is 29. The number of aliphatic hydroxyl groups excluding tert-OH is 2. The van der Waals surface area contributed by atoms with E-state index in [-0.39, 0.29) is 26.4 Å². The Balaban J connectivity index is 3.25. The Kier molecular flexibility index (Phi) is 29.9. The number of unbranched alkanes of at least 4 members (excludes halogenated alkanes) is 21. The topological polar surface area (TPSA) is 62.2 Å². The molecular formula is C29H59NO4. The summed E-state index contributed by atoms with van der Waals surface area (Å²) in [7, 11) is 0. The molecule has 34 heavy (non-hydrogen) atoms. The van der Waals surface area contributed by atoms with E-state index in [9.17, 15) is 0 Å². The Morgan fingerprint density at radius 2 is 0.824 bits per heavy atom. The molecule has 0 bridgehead atoms. The van der Waals surface area contributed by atoms with E-state index in [1.807, 2.05) is 6.08 Å². The van der Waals surface area contributed by atoms with Gasteiger partial charge in [-0.15, -0.1) is 5.23 Å². The van der Waals surface area contributed by atoms with Crippen molar-refractivity contribution in [1.29, 1.82) is 0 Å². The van der Waals surface area contributed by atoms with Crippen LogP contribution in [0.3, 0.4) is 0 Å². The first-order valence-corrected chi connectivity index (χ1v) is 14.8. The highest BCUT2D eigenvalue weighted by molar-refractivity contribution is 4.76. The fourth-order valence-corrected chi connectivity index (χ4v) is 4.24. The van der Waals surface area contributed by atoms with Gasteiger partial charge in [-0.1, -0.05) is 141 Å². The molecule has 0 aromatic rings. The lowest BCUT2D eigenvalue weighted by Gasteiger charge is -2.17. The summed E-state index contributed by atoms with van der Waals surface area (Å²) < 4.78 is 0. The molecule has 0 fully saturated rings. The largest absolute Gasteiger partial charge is 0.394 e. The standard InChI is InChI=1S/C29H59NO4/c1-2-3-4-5-6-7-8-9-10-11-12-13-14-15-16-17-18-19-20-21-22-23-24-25-30(33-28-26-31)34-29-27-32/h24-25,31-32H,2-23,26-29H2,1H3. The van der Waals surface area contributed by atoms with Crippen LogP contribution in [0.5, 0.6) is 0 Å². The summed E-state index contributed by atoms with van der Waals surface area (Å²) >= 11 is 0. The highest BCUT2D eigenvalue weighted by atomic mass is 16.9. The Bertz CT molecular complexity index is 384. The van der Waals surface area contributed by atoms with Crippen molar-refractivity contribution in [3.63, 3.8) is 0 Å². The van der Waals surface area contributed by atoms with Crippen molar-refractivity contribution in [3.05, 3.63) is 12.3 Å². The molecule has 0 heterocycles. The highest BCUT2D eigenvalue weighted by Gasteiger charge is 1.99. The second kappa shape index (κ2) is 30.4. The van der Waals surface area contributed by atoms with E-state index < -0.39 is 0 Å². The lowest BCUT2D eigenvalue weighted by molar-refractivity contribution is -0.339. The summed E-state index contributed by atoms with van der Waals surface area (Å²) in [5.41, 5.74) is 0. The molecule has 0 amide bonds. The number of nitrogens with zero attached hydrogens (tertiary/aromatic N) is 1. The summed E-state index contributed by atoms with van der Waals surface area (Å²) in [6, 6.07) is 0. The second-order valence-electron chi connectivity index (χ2n) is 9.64. The van der Waals surface area contributed by atoms with Gasteiger partial charge < -0.3 is 10.2 Å². The quantitative estimate of drug-likeness (QED) is 0.0824. The highest BCUT2D eigenvalue weighted by Crippen LogP contribution is 2.15. The Morgan fingerprint density at radius 1 is 0.500 bits per heavy atom. The van der Waals surface area contributed by atoms with Gasteiger partial charge in [-0.3, -0.25) is 0 Å². The molecule has 0 aliphatic rings. The Morgan fingerprint density at radius 3 is 1.15 bits per heavy atom. The van der Waals surface area contributed by atoms with E-state index in [0.717, 1.165) is 6.42 Å². The maximum Gasteiger partial charge on any atom is 0.101 e. The van der Waals surface area contributed by atoms with Gasteiger partial charge in [-0.05, 0) is 12.8 Å². The SMILES string of the molecule is CCCCCCCCCCCCCCCCCCCCCCCC=CN(OCCO)OCCO. The van der Waals surface area contributed by atoms with Gasteiger partial charge in [-0.25, -0.2) is 9.68 Å². The predicted molar refractivity (Wildman–Crippen MR) is 144 cm³/mol. The van der Waals surface area contributed by atoms with Crippen molar-refractivity contribution in [3.8, 4) is 0 Å². The first-order valence-electron chi connectivity index (χ1n) is 14.8. The van der Waals surface area contributed by atoms with Gasteiger partial charge in [0.05, 0.1) is 19.4 Å². The van der Waals surface area contributed by atoms with Crippen molar-refractivity contribution in [2.45, 2.75) is 148 Å². The van der Waals surface area contributed by atoms with Gasteiger partial charge in [0.15, 0.2) is 0 Å². The monoisotopic (exact) mass is 485 g/mol. The second-order valence-corrected chi connectivity index (χ2v) is 9.64. The lowest BCUT2D eigenvalue weighted by Crippen LogP contribution is -2.22. The molecule has 0 atom stereocenters. The molecule has 204 valence electrons. The molecule has 2 N–H and O–H groups in total. The van der Waals surface area contributed by atoms with Crippen LogP contribution in [0.2, 0.25) is 0 Å². The maximum absolute atomic E-state index is 8.82. The average molecular weight is 486 g/mol. The molecule has 0 aliphatic heterocycles. The molecule has 0 saturated carbocycles. The summed E-state index contributed by atoms with van der Waals surface area (Å²) in [5, 5.41) is 18.9. The van der Waals surface area contributed by atoms with E-state index in [2.05, 4.69) is 6.92 Å². The van der Waals surface area contributed by atoms with Crippen molar-refractivity contribution < 1.29 is 19.9 Å². The molecule has 5 heteroatoms. The predicted octanol–water partition coefficient (Wildman–Crippen LogP) is 8.25. The fourth-order valence-electron chi connectivity index (χ4n) is 4.24. The summed E-state index contributed by atoms with van der Waals surface area (Å²) in [6.45, 7) is 2.52. The lowest BCUT2D eigenvalue weighted by atomic mass is 10.0. The zero-order valence-corrected chi connectivity index (χ0v) is 22.7. The zero-order chi connectivity index (χ0) is 24.8. The minimum absolute atomic E-state index is 0.0633. The first-order chi connectivity index (χ1) is 16.8. The molecule has 0 aromatic heterocycles. The number of aliphatic hydroxyl groups is 2. The molecule has 0 aliphatic carbocycles. The van der Waals surface area contributed by atoms with Gasteiger partial charge in [-0.2, -0.15) is 0 Å². The van der Waals surface area contributed by atoms with Crippen molar-refractivity contribution in [1.82, 2.24) is 5.23 Å². The molecule has 0 unspecified atom stereocenters. The molecule has 0 rings (SSSR count). The summed E-state index contributed by atoms with van der Waals surface area (Å²) in [6.07, 6.45) is 34.2. The van der Waals surface area contributed by atoms with Crippen LogP contribution in [0.15, 0.2) is 12.3 Å². The van der Waals surface area contributed by atoms with Gasteiger partial charge >= 0.3 is 0 Å². The zero-order valence-electron chi connectivity index (χ0n) is 22.7. The van der Waals surface area contributed by atoms with E-state index in [4.69, 9.17) is 19.9 Å². The molecule has 0 spiro atoms. The number of allylic oxidation sites excluding steroid dienone is 1. The smallest absolute Gasteiger partial charge is 0.101 e. The Labute approximate surface area is 212 Å². The van der Waals surface area contributed by atoms with Crippen molar-refractivity contribution >= 4 is 0 Å². The number of hydrogen-bond donors (Lipinski definition) is 2. The normalized spacial score (nSPS) is 11.6. The molecule has 5 nitrogen and oxygen atoms in total. The third-order valence-electron chi connectivity index (χ3n) is 6.32. The van der Waals surface area contributed by atoms with Gasteiger partial charge in [0, 0.05) is 0 Å².